The van der Waals surface area contributed by atoms with Crippen LogP contribution in [0.4, 0.5) is 0 Å². The zero-order valence-corrected chi connectivity index (χ0v) is 6.67. The van der Waals surface area contributed by atoms with E-state index in [4.69, 9.17) is 9.84 Å². The number of hydrogen-bond donors (Lipinski definition) is 1. The van der Waals surface area contributed by atoms with Gasteiger partial charge in [-0.1, -0.05) is 22.6 Å². The molecule has 0 unspecified atom stereocenters. The van der Waals surface area contributed by atoms with E-state index in [1.165, 1.54) is 0 Å². The van der Waals surface area contributed by atoms with Crippen LogP contribution < -0.4 is 0 Å². The molecule has 0 radical (unpaired) electrons. The first-order chi connectivity index (χ1) is 3.84. The predicted molar refractivity (Wildman–Crippen MR) is 39.3 cm³/mol. The molecule has 1 heterocycles. The van der Waals surface area contributed by atoms with E-state index in [0.29, 0.717) is 0 Å². The highest BCUT2D eigenvalue weighted by molar-refractivity contribution is 14.1. The third-order valence-corrected chi connectivity index (χ3v) is 2.19. The second-order valence-electron chi connectivity index (χ2n) is 1.92. The zero-order valence-electron chi connectivity index (χ0n) is 4.51. The summed E-state index contributed by atoms with van der Waals surface area (Å²) in [4.78, 5) is 0. The van der Waals surface area contributed by atoms with Gasteiger partial charge in [-0.15, -0.1) is 0 Å². The van der Waals surface area contributed by atoms with E-state index in [9.17, 15) is 0 Å². The van der Waals surface area contributed by atoms with Gasteiger partial charge in [0.25, 0.3) is 0 Å². The monoisotopic (exact) mass is 228 g/mol. The summed E-state index contributed by atoms with van der Waals surface area (Å²) in [7, 11) is 0. The lowest BCUT2D eigenvalue weighted by Crippen LogP contribution is -2.21. The molecule has 3 heteroatoms. The van der Waals surface area contributed by atoms with Gasteiger partial charge >= 0.3 is 0 Å². The number of ether oxygens (including phenoxy) is 1. The maximum atomic E-state index is 9.06. The second kappa shape index (κ2) is 2.98. The fourth-order valence-electron chi connectivity index (χ4n) is 0.785. The molecule has 0 aliphatic carbocycles. The first-order valence-electron chi connectivity index (χ1n) is 2.70. The molecule has 0 spiro atoms. The van der Waals surface area contributed by atoms with Crippen LogP contribution in [0.2, 0.25) is 0 Å². The van der Waals surface area contributed by atoms with Crippen molar-refractivity contribution in [2.75, 3.05) is 11.0 Å². The van der Waals surface area contributed by atoms with Crippen LogP contribution in [-0.2, 0) is 4.74 Å². The van der Waals surface area contributed by atoms with Gasteiger partial charge in [-0.3, -0.25) is 0 Å². The molecule has 1 aliphatic rings. The van der Waals surface area contributed by atoms with Gasteiger partial charge in [0.1, 0.15) is 0 Å². The molecular formula is C5H9IO2. The molecule has 0 aromatic carbocycles. The lowest BCUT2D eigenvalue weighted by atomic mass is 10.2. The Balaban J connectivity index is 2.30. The molecule has 1 rings (SSSR count). The Morgan fingerprint density at radius 3 is 2.75 bits per heavy atom. The van der Waals surface area contributed by atoms with Crippen LogP contribution in [-0.4, -0.2) is 28.3 Å². The summed E-state index contributed by atoms with van der Waals surface area (Å²) in [6.45, 7) is 0.731. The normalized spacial score (nSPS) is 38.2. The van der Waals surface area contributed by atoms with E-state index in [1.54, 1.807) is 0 Å². The number of halogens is 1. The molecule has 0 saturated carbocycles. The van der Waals surface area contributed by atoms with Gasteiger partial charge in [0.15, 0.2) is 0 Å². The Kier molecular flexibility index (Phi) is 2.52. The topological polar surface area (TPSA) is 29.5 Å². The van der Waals surface area contributed by atoms with Gasteiger partial charge in [0.05, 0.1) is 12.2 Å². The fraction of sp³-hybridized carbons (Fsp3) is 1.00. The molecule has 1 fully saturated rings. The van der Waals surface area contributed by atoms with Crippen molar-refractivity contribution in [1.82, 2.24) is 0 Å². The maximum Gasteiger partial charge on any atom is 0.0923 e. The molecule has 2 atom stereocenters. The molecule has 48 valence electrons. The summed E-state index contributed by atoms with van der Waals surface area (Å²) < 4.78 is 6.06. The molecular weight excluding hydrogens is 219 g/mol. The van der Waals surface area contributed by atoms with E-state index < -0.39 is 0 Å². The molecule has 0 aromatic heterocycles. The minimum absolute atomic E-state index is 0.107. The number of rotatable bonds is 1. The zero-order chi connectivity index (χ0) is 5.98. The van der Waals surface area contributed by atoms with Crippen molar-refractivity contribution in [2.45, 2.75) is 18.6 Å². The van der Waals surface area contributed by atoms with Crippen molar-refractivity contribution in [3.63, 3.8) is 0 Å². The van der Waals surface area contributed by atoms with Crippen molar-refractivity contribution < 1.29 is 9.84 Å². The Labute approximate surface area is 62.4 Å². The van der Waals surface area contributed by atoms with Crippen LogP contribution in [0, 0.1) is 0 Å². The summed E-state index contributed by atoms with van der Waals surface area (Å²) in [5.41, 5.74) is 0. The second-order valence-corrected chi connectivity index (χ2v) is 2.80. The average molecular weight is 228 g/mol. The summed E-state index contributed by atoms with van der Waals surface area (Å²) in [5.74, 6) is 0. The summed E-state index contributed by atoms with van der Waals surface area (Å²) in [6, 6.07) is 0. The smallest absolute Gasteiger partial charge is 0.0923 e. The summed E-state index contributed by atoms with van der Waals surface area (Å²) >= 11 is 2.22. The Bertz CT molecular complexity index is 76.8. The van der Waals surface area contributed by atoms with Crippen molar-refractivity contribution in [3.05, 3.63) is 0 Å². The van der Waals surface area contributed by atoms with Crippen LogP contribution in [0.1, 0.15) is 6.42 Å². The van der Waals surface area contributed by atoms with Crippen molar-refractivity contribution >= 4 is 22.6 Å². The van der Waals surface area contributed by atoms with E-state index in [2.05, 4.69) is 22.6 Å². The maximum absolute atomic E-state index is 9.06. The predicted octanol–water partition coefficient (Wildman–Crippen LogP) is 0.571. The standard InChI is InChI=1S/C5H9IO2/c6-3-5-4(7)1-2-8-5/h4-5,7H,1-3H2/t4-,5+/m0/s1. The molecule has 2 nitrogen and oxygen atoms in total. The largest absolute Gasteiger partial charge is 0.390 e. The van der Waals surface area contributed by atoms with Gasteiger partial charge in [-0.2, -0.15) is 0 Å². The van der Waals surface area contributed by atoms with Crippen LogP contribution in [0.5, 0.6) is 0 Å². The van der Waals surface area contributed by atoms with E-state index in [1.807, 2.05) is 0 Å². The van der Waals surface area contributed by atoms with Crippen molar-refractivity contribution in [3.8, 4) is 0 Å². The van der Waals surface area contributed by atoms with E-state index in [0.717, 1.165) is 17.5 Å². The molecule has 8 heavy (non-hydrogen) atoms. The van der Waals surface area contributed by atoms with Gasteiger partial charge in [-0.05, 0) is 6.42 Å². The van der Waals surface area contributed by atoms with Crippen LogP contribution in [0.25, 0.3) is 0 Å². The lowest BCUT2D eigenvalue weighted by Gasteiger charge is -2.07. The highest BCUT2D eigenvalue weighted by atomic mass is 127. The lowest BCUT2D eigenvalue weighted by molar-refractivity contribution is 0.0608. The molecule has 0 bridgehead atoms. The van der Waals surface area contributed by atoms with E-state index in [-0.39, 0.29) is 12.2 Å². The van der Waals surface area contributed by atoms with Gasteiger partial charge < -0.3 is 9.84 Å². The van der Waals surface area contributed by atoms with Gasteiger partial charge in [-0.25, -0.2) is 0 Å². The van der Waals surface area contributed by atoms with Crippen LogP contribution in [0.15, 0.2) is 0 Å². The first-order valence-corrected chi connectivity index (χ1v) is 4.23. The highest BCUT2D eigenvalue weighted by Gasteiger charge is 2.24. The molecule has 1 aliphatic heterocycles. The number of aliphatic hydroxyl groups excluding tert-OH is 1. The average Bonchev–Trinajstić information content (AvgIpc) is 2.14. The van der Waals surface area contributed by atoms with Crippen LogP contribution >= 0.6 is 22.6 Å². The number of aliphatic hydroxyl groups is 1. The van der Waals surface area contributed by atoms with Gasteiger partial charge in [0, 0.05) is 11.0 Å². The van der Waals surface area contributed by atoms with Crippen LogP contribution in [0.3, 0.4) is 0 Å². The minimum atomic E-state index is -0.202. The minimum Gasteiger partial charge on any atom is -0.390 e. The third kappa shape index (κ3) is 1.33. The quantitative estimate of drug-likeness (QED) is 0.525. The fourth-order valence-corrected chi connectivity index (χ4v) is 1.63. The van der Waals surface area contributed by atoms with Crippen molar-refractivity contribution in [2.24, 2.45) is 0 Å². The Morgan fingerprint density at radius 1 is 1.75 bits per heavy atom. The highest BCUT2D eigenvalue weighted by Crippen LogP contribution is 2.14. The number of hydrogen-bond acceptors (Lipinski definition) is 2. The van der Waals surface area contributed by atoms with E-state index >= 15 is 0 Å². The Morgan fingerprint density at radius 2 is 2.50 bits per heavy atom. The molecule has 0 aromatic rings. The van der Waals surface area contributed by atoms with Gasteiger partial charge in [0.2, 0.25) is 0 Å². The SMILES string of the molecule is O[C@H]1CCO[C@@H]1CI. The molecule has 1 N–H and O–H groups in total. The molecule has 0 amide bonds. The first kappa shape index (κ1) is 6.77. The number of alkyl halides is 1. The summed E-state index contributed by atoms with van der Waals surface area (Å²) in [6.07, 6.45) is 0.718. The summed E-state index contributed by atoms with van der Waals surface area (Å²) in [5, 5.41) is 9.06. The van der Waals surface area contributed by atoms with Crippen molar-refractivity contribution in [1.29, 1.82) is 0 Å². The molecule has 1 saturated heterocycles. The third-order valence-electron chi connectivity index (χ3n) is 1.33. The Hall–Kier alpha value is 0.650.